The van der Waals surface area contributed by atoms with Gasteiger partial charge in [0.05, 0.1) is 38.1 Å². The third kappa shape index (κ3) is 4.79. The molecule has 2 amide bonds. The third-order valence-corrected chi connectivity index (χ3v) is 5.89. The Balaban J connectivity index is 1.78. The quantitative estimate of drug-likeness (QED) is 0.399. The Bertz CT molecular complexity index is 1430. The number of hydrogen-bond donors (Lipinski definition) is 1. The summed E-state index contributed by atoms with van der Waals surface area (Å²) in [7, 11) is 6.35. The summed E-state index contributed by atoms with van der Waals surface area (Å²) >= 11 is 0. The molecule has 0 aliphatic rings. The van der Waals surface area contributed by atoms with Gasteiger partial charge < -0.3 is 24.8 Å². The van der Waals surface area contributed by atoms with Crippen LogP contribution in [-0.2, 0) is 6.54 Å². The second kappa shape index (κ2) is 10.4. The van der Waals surface area contributed by atoms with E-state index in [0.717, 1.165) is 10.9 Å². The van der Waals surface area contributed by atoms with Crippen LogP contribution in [0.2, 0.25) is 0 Å². The highest BCUT2D eigenvalue weighted by Crippen LogP contribution is 2.41. The van der Waals surface area contributed by atoms with Crippen molar-refractivity contribution in [1.82, 2.24) is 9.88 Å². The molecule has 184 valence electrons. The first-order chi connectivity index (χ1) is 17.4. The van der Waals surface area contributed by atoms with Crippen molar-refractivity contribution in [1.29, 1.82) is 0 Å². The van der Waals surface area contributed by atoms with Crippen molar-refractivity contribution in [3.8, 4) is 28.5 Å². The fourth-order valence-electron chi connectivity index (χ4n) is 4.10. The van der Waals surface area contributed by atoms with Gasteiger partial charge in [0, 0.05) is 30.1 Å². The normalized spacial score (nSPS) is 10.7. The monoisotopic (exact) mass is 485 g/mol. The Kier molecular flexibility index (Phi) is 7.05. The largest absolute Gasteiger partial charge is 0.493 e. The van der Waals surface area contributed by atoms with Gasteiger partial charge in [-0.05, 0) is 42.0 Å². The van der Waals surface area contributed by atoms with E-state index in [0.29, 0.717) is 51.7 Å². The minimum atomic E-state index is -0.513. The van der Waals surface area contributed by atoms with Crippen LogP contribution in [0.15, 0.2) is 66.7 Å². The molecule has 0 saturated heterocycles. The maximum absolute atomic E-state index is 13.6. The summed E-state index contributed by atoms with van der Waals surface area (Å²) in [5.41, 5.74) is 9.07. The first-order valence-corrected chi connectivity index (χ1v) is 11.2. The van der Waals surface area contributed by atoms with E-state index in [1.54, 1.807) is 69.7 Å². The van der Waals surface area contributed by atoms with E-state index in [9.17, 15) is 9.59 Å². The van der Waals surface area contributed by atoms with Crippen LogP contribution >= 0.6 is 0 Å². The molecule has 0 unspecified atom stereocenters. The summed E-state index contributed by atoms with van der Waals surface area (Å²) in [5, 5.41) is 0.733. The van der Waals surface area contributed by atoms with Crippen molar-refractivity contribution < 1.29 is 23.8 Å². The molecule has 0 bridgehead atoms. The Labute approximate surface area is 209 Å². The molecule has 2 N–H and O–H groups in total. The second-order valence-electron chi connectivity index (χ2n) is 8.21. The van der Waals surface area contributed by atoms with Gasteiger partial charge in [-0.25, -0.2) is 4.98 Å². The van der Waals surface area contributed by atoms with Gasteiger partial charge in [0.1, 0.15) is 0 Å². The molecule has 0 aliphatic carbocycles. The third-order valence-electron chi connectivity index (χ3n) is 5.89. The number of nitrogens with zero attached hydrogens (tertiary/aromatic N) is 2. The standard InChI is InChI=1S/C28H27N3O5/c1-31(16-17-8-7-9-18(12-17)27(29)32)28(33)21-15-23(30-22-11-6-5-10-20(21)22)19-13-24(34-2)26(36-4)25(14-19)35-3/h5-15H,16H2,1-4H3,(H2,29,32). The predicted octanol–water partition coefficient (Wildman–Crippen LogP) is 4.30. The summed E-state index contributed by atoms with van der Waals surface area (Å²) in [6.07, 6.45) is 0. The number of pyridine rings is 1. The average molecular weight is 486 g/mol. The second-order valence-corrected chi connectivity index (χ2v) is 8.21. The SMILES string of the molecule is COc1cc(-c2cc(C(=O)N(C)Cc3cccc(C(N)=O)c3)c3ccccc3n2)cc(OC)c1OC. The summed E-state index contributed by atoms with van der Waals surface area (Å²) in [6, 6.07) is 19.8. The van der Waals surface area contributed by atoms with Crippen LogP contribution in [0.4, 0.5) is 0 Å². The number of hydrogen-bond acceptors (Lipinski definition) is 6. The smallest absolute Gasteiger partial charge is 0.254 e. The molecule has 0 aliphatic heterocycles. The van der Waals surface area contributed by atoms with E-state index in [1.807, 2.05) is 30.3 Å². The van der Waals surface area contributed by atoms with Crippen molar-refractivity contribution >= 4 is 22.7 Å². The van der Waals surface area contributed by atoms with Crippen LogP contribution in [0.5, 0.6) is 17.2 Å². The number of fused-ring (bicyclic) bond motifs is 1. The van der Waals surface area contributed by atoms with Crippen LogP contribution in [0.1, 0.15) is 26.3 Å². The highest BCUT2D eigenvalue weighted by Gasteiger charge is 2.20. The highest BCUT2D eigenvalue weighted by molar-refractivity contribution is 6.07. The minimum absolute atomic E-state index is 0.188. The fraction of sp³-hybridized carbons (Fsp3) is 0.179. The van der Waals surface area contributed by atoms with E-state index in [4.69, 9.17) is 24.9 Å². The van der Waals surface area contributed by atoms with Gasteiger partial charge in [0.15, 0.2) is 11.5 Å². The summed E-state index contributed by atoms with van der Waals surface area (Å²) in [6.45, 7) is 0.302. The topological polar surface area (TPSA) is 104 Å². The Morgan fingerprint density at radius 3 is 2.22 bits per heavy atom. The molecule has 0 saturated carbocycles. The number of primary amides is 1. The molecule has 1 heterocycles. The zero-order chi connectivity index (χ0) is 25.8. The number of nitrogens with two attached hydrogens (primary N) is 1. The number of amides is 2. The Hall–Kier alpha value is -4.59. The minimum Gasteiger partial charge on any atom is -0.493 e. The number of benzene rings is 3. The first-order valence-electron chi connectivity index (χ1n) is 11.2. The van der Waals surface area contributed by atoms with Crippen LogP contribution in [-0.4, -0.2) is 50.1 Å². The van der Waals surface area contributed by atoms with Crippen LogP contribution in [0.25, 0.3) is 22.2 Å². The van der Waals surface area contributed by atoms with Crippen molar-refractivity contribution in [2.75, 3.05) is 28.4 Å². The number of carbonyl (C=O) groups excluding carboxylic acids is 2. The predicted molar refractivity (Wildman–Crippen MR) is 138 cm³/mol. The Morgan fingerprint density at radius 1 is 0.889 bits per heavy atom. The van der Waals surface area contributed by atoms with Crippen LogP contribution in [0, 0.1) is 0 Å². The highest BCUT2D eigenvalue weighted by atomic mass is 16.5. The molecule has 0 radical (unpaired) electrons. The van der Waals surface area contributed by atoms with Crippen molar-refractivity contribution in [3.05, 3.63) is 83.4 Å². The maximum Gasteiger partial charge on any atom is 0.254 e. The first kappa shape index (κ1) is 24.5. The molecule has 0 fully saturated rings. The van der Waals surface area contributed by atoms with Gasteiger partial charge >= 0.3 is 0 Å². The van der Waals surface area contributed by atoms with Crippen molar-refractivity contribution in [2.45, 2.75) is 6.54 Å². The molecule has 36 heavy (non-hydrogen) atoms. The summed E-state index contributed by atoms with van der Waals surface area (Å²) in [5.74, 6) is 0.744. The molecular formula is C28H27N3O5. The van der Waals surface area contributed by atoms with Gasteiger partial charge in [-0.1, -0.05) is 30.3 Å². The van der Waals surface area contributed by atoms with E-state index < -0.39 is 5.91 Å². The van der Waals surface area contributed by atoms with Crippen molar-refractivity contribution in [3.63, 3.8) is 0 Å². The average Bonchev–Trinajstić information content (AvgIpc) is 2.91. The van der Waals surface area contributed by atoms with E-state index in [2.05, 4.69) is 0 Å². The van der Waals surface area contributed by atoms with Crippen molar-refractivity contribution in [2.24, 2.45) is 5.73 Å². The molecule has 8 nitrogen and oxygen atoms in total. The molecule has 1 aromatic heterocycles. The molecule has 4 rings (SSSR count). The lowest BCUT2D eigenvalue weighted by Crippen LogP contribution is -2.26. The summed E-state index contributed by atoms with van der Waals surface area (Å²) < 4.78 is 16.4. The van der Waals surface area contributed by atoms with E-state index >= 15 is 0 Å². The number of rotatable bonds is 8. The van der Waals surface area contributed by atoms with Gasteiger partial charge in [-0.3, -0.25) is 9.59 Å². The lowest BCUT2D eigenvalue weighted by Gasteiger charge is -2.20. The van der Waals surface area contributed by atoms with Gasteiger partial charge in [-0.15, -0.1) is 0 Å². The maximum atomic E-state index is 13.6. The molecule has 8 heteroatoms. The molecule has 0 atom stereocenters. The van der Waals surface area contributed by atoms with E-state index in [-0.39, 0.29) is 5.91 Å². The van der Waals surface area contributed by atoms with Crippen LogP contribution in [0.3, 0.4) is 0 Å². The summed E-state index contributed by atoms with van der Waals surface area (Å²) in [4.78, 5) is 31.6. The number of carbonyl (C=O) groups is 2. The molecule has 3 aromatic carbocycles. The number of ether oxygens (including phenoxy) is 3. The van der Waals surface area contributed by atoms with Gasteiger partial charge in [0.25, 0.3) is 5.91 Å². The Morgan fingerprint density at radius 2 is 1.58 bits per heavy atom. The molecule has 0 spiro atoms. The van der Waals surface area contributed by atoms with E-state index in [1.165, 1.54) is 0 Å². The molecule has 4 aromatic rings. The van der Waals surface area contributed by atoms with Gasteiger partial charge in [-0.2, -0.15) is 0 Å². The number of methoxy groups -OCH3 is 3. The zero-order valence-electron chi connectivity index (χ0n) is 20.6. The lowest BCUT2D eigenvalue weighted by molar-refractivity contribution is 0.0787. The molecular weight excluding hydrogens is 458 g/mol. The number of aromatic nitrogens is 1. The number of para-hydroxylation sites is 1. The lowest BCUT2D eigenvalue weighted by atomic mass is 10.0. The fourth-order valence-corrected chi connectivity index (χ4v) is 4.10. The zero-order valence-corrected chi connectivity index (χ0v) is 20.6. The van der Waals surface area contributed by atoms with Gasteiger partial charge in [0.2, 0.25) is 11.7 Å². The van der Waals surface area contributed by atoms with Crippen LogP contribution < -0.4 is 19.9 Å².